The lowest BCUT2D eigenvalue weighted by molar-refractivity contribution is 0.150. The van der Waals surface area contributed by atoms with Crippen molar-refractivity contribution in [3.63, 3.8) is 0 Å². The Morgan fingerprint density at radius 2 is 1.61 bits per heavy atom. The second-order valence-corrected chi connectivity index (χ2v) is 5.39. The first-order chi connectivity index (χ1) is 8.58. The predicted octanol–water partition coefficient (Wildman–Crippen LogP) is -0.975. The molecule has 8 heteroatoms. The van der Waals surface area contributed by atoms with Crippen LogP contribution in [0.2, 0.25) is 0 Å². The monoisotopic (exact) mass is 283 g/mol. The van der Waals surface area contributed by atoms with E-state index < -0.39 is 10.2 Å². The molecule has 18 heavy (non-hydrogen) atoms. The number of likely N-dealkylation sites (N-methyl/N-ethyl adjacent to an activating group) is 1. The number of nitrogens with zero attached hydrogens (tertiary/aromatic N) is 1. The van der Waals surface area contributed by atoms with Gasteiger partial charge in [0.1, 0.15) is 0 Å². The molecular formula is C10H25N3O4S. The zero-order valence-electron chi connectivity index (χ0n) is 11.4. The molecule has 0 rings (SSSR count). The minimum absolute atomic E-state index is 0.316. The maximum atomic E-state index is 12.0. The topological polar surface area (TPSA) is 79.9 Å². The zero-order chi connectivity index (χ0) is 13.9. The van der Waals surface area contributed by atoms with E-state index in [0.29, 0.717) is 39.4 Å². The van der Waals surface area contributed by atoms with Crippen LogP contribution >= 0.6 is 0 Å². The van der Waals surface area contributed by atoms with Gasteiger partial charge in [-0.3, -0.25) is 0 Å². The van der Waals surface area contributed by atoms with Crippen molar-refractivity contribution in [3.8, 4) is 0 Å². The standard InChI is InChI=1S/C10H25N3O4S/c1-4-11-5-6-12-18(14,15)13(7-9-16-2)8-10-17-3/h11-12H,4-10H2,1-3H3. The van der Waals surface area contributed by atoms with Gasteiger partial charge in [-0.25, -0.2) is 4.72 Å². The molecule has 7 nitrogen and oxygen atoms in total. The minimum Gasteiger partial charge on any atom is -0.383 e. The van der Waals surface area contributed by atoms with Crippen LogP contribution in [0.1, 0.15) is 6.92 Å². The molecule has 0 spiro atoms. The second-order valence-electron chi connectivity index (χ2n) is 3.64. The molecule has 2 N–H and O–H groups in total. The van der Waals surface area contributed by atoms with Gasteiger partial charge in [-0.1, -0.05) is 6.92 Å². The Labute approximate surface area is 110 Å². The fourth-order valence-corrected chi connectivity index (χ4v) is 2.45. The van der Waals surface area contributed by atoms with E-state index in [9.17, 15) is 8.42 Å². The van der Waals surface area contributed by atoms with E-state index >= 15 is 0 Å². The van der Waals surface area contributed by atoms with Crippen LogP contribution in [0.3, 0.4) is 0 Å². The molecule has 0 atom stereocenters. The van der Waals surface area contributed by atoms with E-state index in [1.165, 1.54) is 4.31 Å². The average Bonchev–Trinajstić information content (AvgIpc) is 2.34. The Balaban J connectivity index is 4.24. The lowest BCUT2D eigenvalue weighted by Gasteiger charge is -2.21. The van der Waals surface area contributed by atoms with E-state index in [1.54, 1.807) is 14.2 Å². The van der Waals surface area contributed by atoms with Crippen LogP contribution in [0.5, 0.6) is 0 Å². The highest BCUT2D eigenvalue weighted by Gasteiger charge is 2.20. The van der Waals surface area contributed by atoms with E-state index in [0.717, 1.165) is 6.54 Å². The van der Waals surface area contributed by atoms with Crippen molar-refractivity contribution in [3.05, 3.63) is 0 Å². The van der Waals surface area contributed by atoms with Crippen LogP contribution < -0.4 is 10.0 Å². The Hall–Kier alpha value is -0.250. The van der Waals surface area contributed by atoms with Crippen molar-refractivity contribution in [1.82, 2.24) is 14.3 Å². The number of nitrogens with one attached hydrogen (secondary N) is 2. The van der Waals surface area contributed by atoms with E-state index in [2.05, 4.69) is 10.0 Å². The molecule has 0 aliphatic carbocycles. The number of methoxy groups -OCH3 is 2. The van der Waals surface area contributed by atoms with Crippen LogP contribution in [0.25, 0.3) is 0 Å². The fourth-order valence-electron chi connectivity index (χ4n) is 1.27. The molecule has 0 aliphatic heterocycles. The van der Waals surface area contributed by atoms with Crippen molar-refractivity contribution in [2.45, 2.75) is 6.92 Å². The molecule has 0 aromatic carbocycles. The van der Waals surface area contributed by atoms with Gasteiger partial charge in [0.2, 0.25) is 0 Å². The maximum Gasteiger partial charge on any atom is 0.279 e. The molecule has 0 amide bonds. The highest BCUT2D eigenvalue weighted by molar-refractivity contribution is 7.87. The molecule has 0 saturated carbocycles. The van der Waals surface area contributed by atoms with E-state index in [4.69, 9.17) is 9.47 Å². The van der Waals surface area contributed by atoms with Gasteiger partial charge in [0.05, 0.1) is 13.2 Å². The summed E-state index contributed by atoms with van der Waals surface area (Å²) >= 11 is 0. The summed E-state index contributed by atoms with van der Waals surface area (Å²) in [7, 11) is -0.381. The maximum absolute atomic E-state index is 12.0. The third-order valence-electron chi connectivity index (χ3n) is 2.27. The highest BCUT2D eigenvalue weighted by Crippen LogP contribution is 1.97. The van der Waals surface area contributed by atoms with Crippen LogP contribution in [-0.4, -0.2) is 72.9 Å². The van der Waals surface area contributed by atoms with Gasteiger partial charge in [-0.05, 0) is 6.54 Å². The first-order valence-corrected chi connectivity index (χ1v) is 7.45. The van der Waals surface area contributed by atoms with E-state index in [-0.39, 0.29) is 0 Å². The predicted molar refractivity (Wildman–Crippen MR) is 70.8 cm³/mol. The van der Waals surface area contributed by atoms with Gasteiger partial charge in [-0.2, -0.15) is 12.7 Å². The Bertz CT molecular complexity index is 277. The van der Waals surface area contributed by atoms with Crippen LogP contribution in [0.15, 0.2) is 0 Å². The normalized spacial score (nSPS) is 12.2. The lowest BCUT2D eigenvalue weighted by atomic mass is 10.6. The smallest absolute Gasteiger partial charge is 0.279 e. The molecule has 0 aliphatic rings. The van der Waals surface area contributed by atoms with Crippen molar-refractivity contribution in [2.24, 2.45) is 0 Å². The molecule has 0 aromatic rings. The number of ether oxygens (including phenoxy) is 2. The first kappa shape index (κ1) is 17.8. The molecule has 0 saturated heterocycles. The molecule has 0 unspecified atom stereocenters. The van der Waals surface area contributed by atoms with Gasteiger partial charge in [0.25, 0.3) is 10.2 Å². The summed E-state index contributed by atoms with van der Waals surface area (Å²) in [6.07, 6.45) is 0. The zero-order valence-corrected chi connectivity index (χ0v) is 12.3. The third kappa shape index (κ3) is 7.96. The summed E-state index contributed by atoms with van der Waals surface area (Å²) in [6, 6.07) is 0. The minimum atomic E-state index is -3.46. The summed E-state index contributed by atoms with van der Waals surface area (Å²) in [5.41, 5.74) is 0. The van der Waals surface area contributed by atoms with Crippen molar-refractivity contribution in [2.75, 3.05) is 60.2 Å². The summed E-state index contributed by atoms with van der Waals surface area (Å²) in [5, 5.41) is 3.05. The van der Waals surface area contributed by atoms with Gasteiger partial charge in [0.15, 0.2) is 0 Å². The molecule has 110 valence electrons. The quantitative estimate of drug-likeness (QED) is 0.450. The molecular weight excluding hydrogens is 258 g/mol. The van der Waals surface area contributed by atoms with Crippen molar-refractivity contribution >= 4 is 10.2 Å². The lowest BCUT2D eigenvalue weighted by Crippen LogP contribution is -2.45. The highest BCUT2D eigenvalue weighted by atomic mass is 32.2. The SMILES string of the molecule is CCNCCNS(=O)(=O)N(CCOC)CCOC. The fraction of sp³-hybridized carbons (Fsp3) is 1.00. The molecule has 0 heterocycles. The average molecular weight is 283 g/mol. The van der Waals surface area contributed by atoms with Crippen LogP contribution in [-0.2, 0) is 19.7 Å². The largest absolute Gasteiger partial charge is 0.383 e. The van der Waals surface area contributed by atoms with Gasteiger partial charge in [0, 0.05) is 40.4 Å². The van der Waals surface area contributed by atoms with Crippen molar-refractivity contribution in [1.29, 1.82) is 0 Å². The summed E-state index contributed by atoms with van der Waals surface area (Å²) in [6.45, 7) is 5.12. The Kier molecular flexibility index (Phi) is 10.5. The van der Waals surface area contributed by atoms with Gasteiger partial charge < -0.3 is 14.8 Å². The second kappa shape index (κ2) is 10.7. The summed E-state index contributed by atoms with van der Waals surface area (Å²) in [4.78, 5) is 0. The number of hydrogen-bond acceptors (Lipinski definition) is 5. The number of rotatable bonds is 12. The summed E-state index contributed by atoms with van der Waals surface area (Å²) in [5.74, 6) is 0. The van der Waals surface area contributed by atoms with Gasteiger partial charge in [-0.15, -0.1) is 0 Å². The third-order valence-corrected chi connectivity index (χ3v) is 3.88. The van der Waals surface area contributed by atoms with Crippen LogP contribution in [0.4, 0.5) is 0 Å². The van der Waals surface area contributed by atoms with E-state index in [1.807, 2.05) is 6.92 Å². The molecule has 0 radical (unpaired) electrons. The Morgan fingerprint density at radius 1 is 1.06 bits per heavy atom. The Morgan fingerprint density at radius 3 is 2.06 bits per heavy atom. The number of hydrogen-bond donors (Lipinski definition) is 2. The molecule has 0 aromatic heterocycles. The van der Waals surface area contributed by atoms with Crippen molar-refractivity contribution < 1.29 is 17.9 Å². The molecule has 0 bridgehead atoms. The molecule has 0 fully saturated rings. The van der Waals surface area contributed by atoms with Gasteiger partial charge >= 0.3 is 0 Å². The summed E-state index contributed by atoms with van der Waals surface area (Å²) < 4.78 is 37.6. The first-order valence-electron chi connectivity index (χ1n) is 6.01. The van der Waals surface area contributed by atoms with Crippen LogP contribution in [0, 0.1) is 0 Å².